The van der Waals surface area contributed by atoms with Crippen molar-refractivity contribution >= 4 is 43.1 Å². The van der Waals surface area contributed by atoms with Crippen molar-refractivity contribution < 1.29 is 0 Å². The zero-order chi connectivity index (χ0) is 69.9. The molecule has 0 fully saturated rings. The van der Waals surface area contributed by atoms with Crippen LogP contribution in [-0.4, -0.2) is 0 Å². The highest BCUT2D eigenvalue weighted by molar-refractivity contribution is 6.35. The lowest BCUT2D eigenvalue weighted by Crippen LogP contribution is -2.15. The van der Waals surface area contributed by atoms with Crippen LogP contribution in [0.25, 0.3) is 177 Å². The van der Waals surface area contributed by atoms with Crippen molar-refractivity contribution in [1.82, 2.24) is 0 Å². The molecular formula is C104H76. The van der Waals surface area contributed by atoms with Crippen LogP contribution in [0.5, 0.6) is 0 Å². The summed E-state index contributed by atoms with van der Waals surface area (Å²) in [5.41, 5.74) is 40.1. The van der Waals surface area contributed by atoms with E-state index < -0.39 is 0 Å². The fourth-order valence-corrected chi connectivity index (χ4v) is 19.9. The Labute approximate surface area is 609 Å². The molecule has 0 heterocycles. The molecular weight excluding hydrogens is 1250 g/mol. The van der Waals surface area contributed by atoms with Gasteiger partial charge < -0.3 is 0 Å². The smallest absolute Gasteiger partial charge is 0.0159 e. The molecule has 4 aliphatic carbocycles. The second-order valence-electron chi connectivity index (χ2n) is 32.2. The Morgan fingerprint density at radius 3 is 0.577 bits per heavy atom. The van der Waals surface area contributed by atoms with Crippen molar-refractivity contribution in [2.45, 2.75) is 77.0 Å². The Bertz CT molecular complexity index is 5740. The predicted octanol–water partition coefficient (Wildman–Crippen LogP) is 28.3. The van der Waals surface area contributed by atoms with Crippen LogP contribution in [0.15, 0.2) is 315 Å². The summed E-state index contributed by atoms with van der Waals surface area (Å²) in [6.45, 7) is 19.5. The molecule has 0 nitrogen and oxygen atoms in total. The van der Waals surface area contributed by atoms with E-state index in [2.05, 4.69) is 371 Å². The average molecular weight is 1330 g/mol. The van der Waals surface area contributed by atoms with Gasteiger partial charge in [-0.15, -0.1) is 0 Å². The summed E-state index contributed by atoms with van der Waals surface area (Å²) >= 11 is 0. The molecule has 104 heavy (non-hydrogen) atoms. The molecule has 0 saturated heterocycles. The van der Waals surface area contributed by atoms with E-state index >= 15 is 0 Å². The zero-order valence-electron chi connectivity index (χ0n) is 60.0. The first-order valence-corrected chi connectivity index (χ1v) is 37.2. The lowest BCUT2D eigenvalue weighted by atomic mass is 9.78. The summed E-state index contributed by atoms with van der Waals surface area (Å²) < 4.78 is 0. The zero-order valence-corrected chi connectivity index (χ0v) is 60.0. The van der Waals surface area contributed by atoms with Gasteiger partial charge >= 0.3 is 0 Å². The second-order valence-corrected chi connectivity index (χ2v) is 32.2. The quantitative estimate of drug-likeness (QED) is 0.105. The van der Waals surface area contributed by atoms with Crippen molar-refractivity contribution in [1.29, 1.82) is 0 Å². The molecule has 0 N–H and O–H groups in total. The van der Waals surface area contributed by atoms with Crippen molar-refractivity contribution in [3.05, 3.63) is 360 Å². The molecule has 0 spiro atoms. The molecule has 0 amide bonds. The van der Waals surface area contributed by atoms with E-state index in [1.807, 2.05) is 0 Å². The van der Waals surface area contributed by atoms with Crippen LogP contribution < -0.4 is 0 Å². The van der Waals surface area contributed by atoms with Gasteiger partial charge in [0.15, 0.2) is 0 Å². The molecule has 17 aromatic rings. The fraction of sp³-hybridized carbons (Fsp3) is 0.115. The Morgan fingerprint density at radius 2 is 0.356 bits per heavy atom. The molecule has 0 aliphatic heterocycles. The van der Waals surface area contributed by atoms with Gasteiger partial charge in [0.05, 0.1) is 0 Å². The van der Waals surface area contributed by atoms with Gasteiger partial charge in [0, 0.05) is 21.7 Å². The van der Waals surface area contributed by atoms with Gasteiger partial charge in [0.25, 0.3) is 0 Å². The summed E-state index contributed by atoms with van der Waals surface area (Å²) in [4.78, 5) is 0. The minimum absolute atomic E-state index is 0.247. The summed E-state index contributed by atoms with van der Waals surface area (Å²) in [5.74, 6) is 0. The molecule has 0 bridgehead atoms. The lowest BCUT2D eigenvalue weighted by molar-refractivity contribution is 0.660. The number of hydrogen-bond donors (Lipinski definition) is 0. The highest BCUT2D eigenvalue weighted by Gasteiger charge is 2.42. The maximum absolute atomic E-state index is 2.62. The molecule has 0 unspecified atom stereocenters. The first-order valence-electron chi connectivity index (χ1n) is 37.2. The molecule has 21 rings (SSSR count). The molecule has 0 heteroatoms. The number of rotatable bonds is 8. The fourth-order valence-electron chi connectivity index (χ4n) is 19.9. The highest BCUT2D eigenvalue weighted by Crippen LogP contribution is 2.61. The van der Waals surface area contributed by atoms with Crippen molar-refractivity contribution in [2.24, 2.45) is 0 Å². The van der Waals surface area contributed by atoms with Gasteiger partial charge in [0.2, 0.25) is 0 Å². The maximum atomic E-state index is 2.62. The molecule has 4 aliphatic rings. The monoisotopic (exact) mass is 1320 g/mol. The van der Waals surface area contributed by atoms with Gasteiger partial charge in [-0.1, -0.05) is 274 Å². The minimum Gasteiger partial charge on any atom is -0.0622 e. The van der Waals surface area contributed by atoms with Crippen LogP contribution in [0, 0.1) is 0 Å². The Balaban J connectivity index is 0.954. The van der Waals surface area contributed by atoms with E-state index in [1.54, 1.807) is 0 Å². The van der Waals surface area contributed by atoms with Crippen LogP contribution in [0.2, 0.25) is 0 Å². The van der Waals surface area contributed by atoms with E-state index in [9.17, 15) is 0 Å². The minimum atomic E-state index is -0.247. The van der Waals surface area contributed by atoms with E-state index in [4.69, 9.17) is 0 Å². The van der Waals surface area contributed by atoms with Crippen LogP contribution in [-0.2, 0) is 21.7 Å². The average Bonchev–Trinajstić information content (AvgIpc) is 0.709. The topological polar surface area (TPSA) is 0 Å². The Hall–Kier alpha value is -12.0. The molecule has 0 aromatic heterocycles. The predicted molar refractivity (Wildman–Crippen MR) is 441 cm³/mol. The molecule has 492 valence electrons. The van der Waals surface area contributed by atoms with Gasteiger partial charge in [-0.2, -0.15) is 0 Å². The van der Waals surface area contributed by atoms with Gasteiger partial charge in [-0.25, -0.2) is 0 Å². The standard InChI is InChI=1S/C104H76/c1-101(2)87-41-25-21-37-75(87)97-79(49-65(57-91(97)101)61-29-13-9-14-30-61)69-45-73-46-70(80-50-66(62-31-15-10-16-32-62)58-92-98(80)76-38-22-26-42-88(76)102(92,3)4)55-85-86-56-72(82-52-68(64-35-19-12-20-36-64)60-94-100(82)78-40-24-28-44-90(78)104(94,7)8)48-74-47-71(54-84(96(74)86)83(53-69)95(73)85)81-51-67(63-33-17-11-18-34-63)59-93-99(81)77-39-23-27-43-89(77)103(93,5)6/h9-60H,1-8H3. The normalized spacial score (nSPS) is 14.8. The number of hydrogen-bond acceptors (Lipinski definition) is 0. The van der Waals surface area contributed by atoms with E-state index in [0.29, 0.717) is 0 Å². The molecule has 17 aromatic carbocycles. The van der Waals surface area contributed by atoms with Gasteiger partial charge in [-0.05, 0) is 318 Å². The van der Waals surface area contributed by atoms with Crippen LogP contribution >= 0.6 is 0 Å². The first-order chi connectivity index (χ1) is 50.6. The third-order valence-electron chi connectivity index (χ3n) is 25.1. The van der Waals surface area contributed by atoms with Crippen LogP contribution in [0.4, 0.5) is 0 Å². The largest absolute Gasteiger partial charge is 0.0622 e. The highest BCUT2D eigenvalue weighted by atomic mass is 14.5. The van der Waals surface area contributed by atoms with Crippen LogP contribution in [0.3, 0.4) is 0 Å². The Kier molecular flexibility index (Phi) is 12.7. The van der Waals surface area contributed by atoms with E-state index in [-0.39, 0.29) is 21.7 Å². The summed E-state index contributed by atoms with van der Waals surface area (Å²) in [7, 11) is 0. The third kappa shape index (κ3) is 8.60. The summed E-state index contributed by atoms with van der Waals surface area (Å²) in [6.07, 6.45) is 0. The SMILES string of the molecule is CC1(C)c2ccccc2-c2c(-c3cc4cc(-c5cc(-c6ccccc6)cc6c5-c5ccccc5C6(C)C)cc5c6cc(-c7cc(-c8ccccc8)cc8c7-c7ccccc7C8(C)C)cc7cc(-c8cc(-c9ccccc9)cc9c8-c8ccccc8C9(C)C)cc(c(c3)c45)c76)cc(-c3ccccc3)cc21. The van der Waals surface area contributed by atoms with Crippen molar-refractivity contribution in [2.75, 3.05) is 0 Å². The molecule has 0 radical (unpaired) electrons. The third-order valence-corrected chi connectivity index (χ3v) is 25.1. The number of fused-ring (bicyclic) bond motifs is 14. The number of benzene rings is 17. The molecule has 0 atom stereocenters. The molecule has 0 saturated carbocycles. The summed E-state index contributed by atoms with van der Waals surface area (Å²) in [6, 6.07) is 122. The van der Waals surface area contributed by atoms with E-state index in [0.717, 1.165) is 0 Å². The van der Waals surface area contributed by atoms with E-state index in [1.165, 1.54) is 221 Å². The van der Waals surface area contributed by atoms with Crippen molar-refractivity contribution in [3.63, 3.8) is 0 Å². The maximum Gasteiger partial charge on any atom is 0.0159 e. The lowest BCUT2D eigenvalue weighted by Gasteiger charge is -2.25. The first kappa shape index (κ1) is 60.8. The van der Waals surface area contributed by atoms with Gasteiger partial charge in [0.1, 0.15) is 0 Å². The van der Waals surface area contributed by atoms with Crippen molar-refractivity contribution in [3.8, 4) is 134 Å². The van der Waals surface area contributed by atoms with Crippen LogP contribution in [0.1, 0.15) is 99.9 Å². The van der Waals surface area contributed by atoms with Gasteiger partial charge in [-0.3, -0.25) is 0 Å². The second kappa shape index (κ2) is 21.8. The Morgan fingerprint density at radius 1 is 0.154 bits per heavy atom. The summed E-state index contributed by atoms with van der Waals surface area (Å²) in [5, 5.41) is 10.0.